The Bertz CT molecular complexity index is 211. The molecule has 1 unspecified atom stereocenters. The van der Waals surface area contributed by atoms with Crippen molar-refractivity contribution in [3.8, 4) is 0 Å². The fraction of sp³-hybridized carbons (Fsp3) is 0.800. The molecule has 0 aromatic heterocycles. The second-order valence-corrected chi connectivity index (χ2v) is 3.49. The molecule has 0 heterocycles. The number of nitrogens with zero attached hydrogens (tertiary/aromatic N) is 1. The predicted molar refractivity (Wildman–Crippen MR) is 53.5 cm³/mol. The molecule has 74 valence electrons. The summed E-state index contributed by atoms with van der Waals surface area (Å²) in [6.07, 6.45) is 5.16. The molecule has 1 atom stereocenters. The molecule has 1 saturated carbocycles. The van der Waals surface area contributed by atoms with Crippen LogP contribution in [0.5, 0.6) is 0 Å². The third-order valence-electron chi connectivity index (χ3n) is 2.59. The quantitative estimate of drug-likeness (QED) is 0.667. The summed E-state index contributed by atoms with van der Waals surface area (Å²) in [5.74, 6) is 0.617. The van der Waals surface area contributed by atoms with Gasteiger partial charge in [0.1, 0.15) is 0 Å². The van der Waals surface area contributed by atoms with Gasteiger partial charge in [-0.05, 0) is 31.6 Å². The van der Waals surface area contributed by atoms with Crippen molar-refractivity contribution >= 4 is 11.6 Å². The predicted octanol–water partition coefficient (Wildman–Crippen LogP) is 2.08. The Morgan fingerprint density at radius 2 is 2.38 bits per heavy atom. The molecular weight excluding hydrogens is 164 g/mol. The number of hydrazone groups is 1. The lowest BCUT2D eigenvalue weighted by molar-refractivity contribution is -0.120. The van der Waals surface area contributed by atoms with Crippen molar-refractivity contribution in [2.75, 3.05) is 0 Å². The van der Waals surface area contributed by atoms with E-state index in [-0.39, 0.29) is 5.91 Å². The monoisotopic (exact) mass is 182 g/mol. The molecule has 0 saturated heterocycles. The molecule has 1 amide bonds. The van der Waals surface area contributed by atoms with Crippen LogP contribution in [0.1, 0.15) is 46.0 Å². The molecule has 1 fully saturated rings. The van der Waals surface area contributed by atoms with Crippen LogP contribution < -0.4 is 5.43 Å². The van der Waals surface area contributed by atoms with Crippen LogP contribution in [0, 0.1) is 5.92 Å². The second-order valence-electron chi connectivity index (χ2n) is 3.49. The number of amides is 1. The van der Waals surface area contributed by atoms with E-state index in [0.717, 1.165) is 12.8 Å². The first-order valence-corrected chi connectivity index (χ1v) is 5.13. The molecule has 3 heteroatoms. The van der Waals surface area contributed by atoms with E-state index in [4.69, 9.17) is 0 Å². The number of carbonyl (C=O) groups is 1. The van der Waals surface area contributed by atoms with Crippen molar-refractivity contribution in [3.05, 3.63) is 0 Å². The molecule has 0 bridgehead atoms. The van der Waals surface area contributed by atoms with Crippen LogP contribution in [0.25, 0.3) is 0 Å². The average molecular weight is 182 g/mol. The molecule has 3 nitrogen and oxygen atoms in total. The minimum absolute atomic E-state index is 0.00857. The number of rotatable bonds is 3. The summed E-state index contributed by atoms with van der Waals surface area (Å²) >= 11 is 0. The van der Waals surface area contributed by atoms with E-state index in [1.807, 2.05) is 6.92 Å². The smallest absolute Gasteiger partial charge is 0.239 e. The van der Waals surface area contributed by atoms with E-state index in [9.17, 15) is 4.79 Å². The molecule has 0 spiro atoms. The first-order chi connectivity index (χ1) is 6.27. The number of carbonyl (C=O) groups excluding carboxylic acids is 1. The molecule has 0 aromatic rings. The summed E-state index contributed by atoms with van der Waals surface area (Å²) in [6.45, 7) is 4.01. The van der Waals surface area contributed by atoms with Gasteiger partial charge in [-0.3, -0.25) is 4.79 Å². The van der Waals surface area contributed by atoms with Crippen LogP contribution in [0.4, 0.5) is 0 Å². The molecule has 1 aliphatic rings. The van der Waals surface area contributed by atoms with Gasteiger partial charge in [-0.2, -0.15) is 5.10 Å². The standard InChI is InChI=1S/C10H18N2O/c1-3-8-6-5-7-9(8)11-12-10(13)4-2/h8H,3-7H2,1-2H3,(H,12,13)/b11-9-. The molecule has 1 rings (SSSR count). The van der Waals surface area contributed by atoms with Crippen molar-refractivity contribution in [3.63, 3.8) is 0 Å². The van der Waals surface area contributed by atoms with E-state index in [1.165, 1.54) is 18.6 Å². The van der Waals surface area contributed by atoms with Gasteiger partial charge in [-0.15, -0.1) is 0 Å². The molecule has 0 aromatic carbocycles. The van der Waals surface area contributed by atoms with Gasteiger partial charge in [0.05, 0.1) is 0 Å². The topological polar surface area (TPSA) is 41.5 Å². The first-order valence-electron chi connectivity index (χ1n) is 5.13. The third-order valence-corrected chi connectivity index (χ3v) is 2.59. The Hall–Kier alpha value is -0.860. The Balaban J connectivity index is 2.45. The number of hydrogen-bond acceptors (Lipinski definition) is 2. The van der Waals surface area contributed by atoms with E-state index in [2.05, 4.69) is 17.5 Å². The van der Waals surface area contributed by atoms with Crippen LogP contribution in [0.2, 0.25) is 0 Å². The van der Waals surface area contributed by atoms with Gasteiger partial charge in [0, 0.05) is 12.1 Å². The minimum atomic E-state index is 0.00857. The van der Waals surface area contributed by atoms with Crippen molar-refractivity contribution in [1.29, 1.82) is 0 Å². The van der Waals surface area contributed by atoms with Gasteiger partial charge in [0.15, 0.2) is 0 Å². The highest BCUT2D eigenvalue weighted by Gasteiger charge is 2.20. The lowest BCUT2D eigenvalue weighted by Crippen LogP contribution is -2.19. The average Bonchev–Trinajstić information content (AvgIpc) is 2.61. The second kappa shape index (κ2) is 5.00. The molecule has 0 radical (unpaired) electrons. The summed E-state index contributed by atoms with van der Waals surface area (Å²) in [6, 6.07) is 0. The van der Waals surface area contributed by atoms with Crippen LogP contribution in [-0.4, -0.2) is 11.6 Å². The Kier molecular flexibility index (Phi) is 3.93. The maximum atomic E-state index is 10.9. The summed E-state index contributed by atoms with van der Waals surface area (Å²) in [4.78, 5) is 10.9. The Morgan fingerprint density at radius 3 is 3.00 bits per heavy atom. The highest BCUT2D eigenvalue weighted by molar-refractivity contribution is 5.89. The van der Waals surface area contributed by atoms with Gasteiger partial charge in [0.25, 0.3) is 0 Å². The fourth-order valence-electron chi connectivity index (χ4n) is 1.70. The summed E-state index contributed by atoms with van der Waals surface area (Å²) in [5.41, 5.74) is 3.77. The van der Waals surface area contributed by atoms with Crippen molar-refractivity contribution in [2.24, 2.45) is 11.0 Å². The zero-order valence-corrected chi connectivity index (χ0v) is 8.47. The highest BCUT2D eigenvalue weighted by atomic mass is 16.2. The number of nitrogens with one attached hydrogen (secondary N) is 1. The zero-order valence-electron chi connectivity index (χ0n) is 8.47. The first kappa shape index (κ1) is 10.2. The van der Waals surface area contributed by atoms with E-state index in [1.54, 1.807) is 0 Å². The summed E-state index contributed by atoms with van der Waals surface area (Å²) in [5, 5.41) is 4.16. The summed E-state index contributed by atoms with van der Waals surface area (Å²) < 4.78 is 0. The van der Waals surface area contributed by atoms with Crippen molar-refractivity contribution in [1.82, 2.24) is 5.43 Å². The van der Waals surface area contributed by atoms with E-state index >= 15 is 0 Å². The molecule has 1 aliphatic carbocycles. The van der Waals surface area contributed by atoms with Crippen molar-refractivity contribution < 1.29 is 4.79 Å². The van der Waals surface area contributed by atoms with Gasteiger partial charge in [0.2, 0.25) is 5.91 Å². The van der Waals surface area contributed by atoms with Crippen LogP contribution in [-0.2, 0) is 4.79 Å². The minimum Gasteiger partial charge on any atom is -0.273 e. The maximum absolute atomic E-state index is 10.9. The zero-order chi connectivity index (χ0) is 9.68. The van der Waals surface area contributed by atoms with Crippen molar-refractivity contribution in [2.45, 2.75) is 46.0 Å². The highest BCUT2D eigenvalue weighted by Crippen LogP contribution is 2.24. The normalized spacial score (nSPS) is 25.1. The SMILES string of the molecule is CCC(=O)N/N=C1/CCCC1CC. The fourth-order valence-corrected chi connectivity index (χ4v) is 1.70. The van der Waals surface area contributed by atoms with Gasteiger partial charge in [-0.25, -0.2) is 5.43 Å². The number of hydrogen-bond donors (Lipinski definition) is 1. The lowest BCUT2D eigenvalue weighted by atomic mass is 10.0. The molecule has 1 N–H and O–H groups in total. The van der Waals surface area contributed by atoms with E-state index in [0.29, 0.717) is 12.3 Å². The van der Waals surface area contributed by atoms with Gasteiger partial charge in [-0.1, -0.05) is 13.8 Å². The Labute approximate surface area is 79.6 Å². The molecule has 0 aliphatic heterocycles. The van der Waals surface area contributed by atoms with Crippen LogP contribution in [0.3, 0.4) is 0 Å². The third kappa shape index (κ3) is 2.83. The van der Waals surface area contributed by atoms with Gasteiger partial charge < -0.3 is 0 Å². The van der Waals surface area contributed by atoms with E-state index < -0.39 is 0 Å². The molecular formula is C10H18N2O. The summed E-state index contributed by atoms with van der Waals surface area (Å²) in [7, 11) is 0. The van der Waals surface area contributed by atoms with Crippen LogP contribution in [0.15, 0.2) is 5.10 Å². The van der Waals surface area contributed by atoms with Gasteiger partial charge >= 0.3 is 0 Å². The lowest BCUT2D eigenvalue weighted by Gasteiger charge is -2.06. The molecule has 13 heavy (non-hydrogen) atoms. The Morgan fingerprint density at radius 1 is 1.62 bits per heavy atom. The van der Waals surface area contributed by atoms with Crippen LogP contribution >= 0.6 is 0 Å². The largest absolute Gasteiger partial charge is 0.273 e. The maximum Gasteiger partial charge on any atom is 0.239 e.